The number of hydrogen-bond acceptors (Lipinski definition) is 3. The minimum atomic E-state index is -0.336. The standard InChI is InChI=1S/C15H15NO2/c1-18-15(17)13-8-7-11(10-16)9-14(13)12-5-3-2-4-6-12/h2-9H,10,16H2,1H3. The van der Waals surface area contributed by atoms with Crippen LogP contribution in [0.2, 0.25) is 0 Å². The maximum atomic E-state index is 11.8. The second-order valence-electron chi connectivity index (χ2n) is 3.94. The molecule has 0 aliphatic carbocycles. The Bertz CT molecular complexity index is 550. The minimum Gasteiger partial charge on any atom is -0.465 e. The van der Waals surface area contributed by atoms with Crippen LogP contribution in [0.25, 0.3) is 11.1 Å². The highest BCUT2D eigenvalue weighted by Gasteiger charge is 2.13. The quantitative estimate of drug-likeness (QED) is 0.840. The molecule has 0 aliphatic heterocycles. The van der Waals surface area contributed by atoms with Crippen LogP contribution in [0.5, 0.6) is 0 Å². The highest BCUT2D eigenvalue weighted by molar-refractivity contribution is 5.97. The highest BCUT2D eigenvalue weighted by atomic mass is 16.5. The first-order chi connectivity index (χ1) is 8.76. The molecule has 0 atom stereocenters. The topological polar surface area (TPSA) is 52.3 Å². The summed E-state index contributed by atoms with van der Waals surface area (Å²) in [4.78, 5) is 11.8. The predicted octanol–water partition coefficient (Wildman–Crippen LogP) is 2.60. The van der Waals surface area contributed by atoms with Crippen molar-refractivity contribution >= 4 is 5.97 Å². The van der Waals surface area contributed by atoms with Crippen molar-refractivity contribution in [2.45, 2.75) is 6.54 Å². The summed E-state index contributed by atoms with van der Waals surface area (Å²) in [5.74, 6) is -0.336. The Morgan fingerprint density at radius 1 is 1.17 bits per heavy atom. The minimum absolute atomic E-state index is 0.336. The summed E-state index contributed by atoms with van der Waals surface area (Å²) in [6, 6.07) is 15.3. The molecule has 0 aromatic heterocycles. The molecule has 0 saturated carbocycles. The van der Waals surface area contributed by atoms with Crippen LogP contribution in [0.15, 0.2) is 48.5 Å². The molecule has 0 fully saturated rings. The van der Waals surface area contributed by atoms with E-state index >= 15 is 0 Å². The number of esters is 1. The molecule has 0 amide bonds. The molecule has 0 aliphatic rings. The van der Waals surface area contributed by atoms with Gasteiger partial charge < -0.3 is 10.5 Å². The van der Waals surface area contributed by atoms with Crippen LogP contribution in [0, 0.1) is 0 Å². The van der Waals surface area contributed by atoms with Crippen molar-refractivity contribution in [1.82, 2.24) is 0 Å². The lowest BCUT2D eigenvalue weighted by Gasteiger charge is -2.10. The van der Waals surface area contributed by atoms with Crippen molar-refractivity contribution in [3.63, 3.8) is 0 Å². The Kier molecular flexibility index (Phi) is 3.75. The number of methoxy groups -OCH3 is 1. The SMILES string of the molecule is COC(=O)c1ccc(CN)cc1-c1ccccc1. The summed E-state index contributed by atoms with van der Waals surface area (Å²) in [6.07, 6.45) is 0. The van der Waals surface area contributed by atoms with Gasteiger partial charge in [-0.15, -0.1) is 0 Å². The van der Waals surface area contributed by atoms with E-state index in [4.69, 9.17) is 10.5 Å². The Morgan fingerprint density at radius 2 is 1.89 bits per heavy atom. The summed E-state index contributed by atoms with van der Waals surface area (Å²) in [5, 5.41) is 0. The van der Waals surface area contributed by atoms with E-state index in [-0.39, 0.29) is 5.97 Å². The predicted molar refractivity (Wildman–Crippen MR) is 71.1 cm³/mol. The van der Waals surface area contributed by atoms with Crippen molar-refractivity contribution < 1.29 is 9.53 Å². The van der Waals surface area contributed by atoms with Gasteiger partial charge in [-0.1, -0.05) is 36.4 Å². The second-order valence-corrected chi connectivity index (χ2v) is 3.94. The molecule has 0 radical (unpaired) electrons. The van der Waals surface area contributed by atoms with Gasteiger partial charge in [0.15, 0.2) is 0 Å². The van der Waals surface area contributed by atoms with Gasteiger partial charge in [-0.05, 0) is 28.8 Å². The lowest BCUT2D eigenvalue weighted by atomic mass is 9.97. The number of nitrogens with two attached hydrogens (primary N) is 1. The molecule has 0 spiro atoms. The third-order valence-corrected chi connectivity index (χ3v) is 2.81. The Labute approximate surface area is 106 Å². The van der Waals surface area contributed by atoms with Crippen molar-refractivity contribution in [3.05, 3.63) is 59.7 Å². The van der Waals surface area contributed by atoms with Crippen LogP contribution in [0.3, 0.4) is 0 Å². The molecule has 2 N–H and O–H groups in total. The maximum absolute atomic E-state index is 11.8. The Hall–Kier alpha value is -2.13. The fourth-order valence-corrected chi connectivity index (χ4v) is 1.86. The normalized spacial score (nSPS) is 10.1. The number of benzene rings is 2. The molecule has 2 aromatic rings. The van der Waals surface area contributed by atoms with E-state index in [0.29, 0.717) is 12.1 Å². The summed E-state index contributed by atoms with van der Waals surface area (Å²) in [6.45, 7) is 0.446. The number of carbonyl (C=O) groups excluding carboxylic acids is 1. The van der Waals surface area contributed by atoms with E-state index in [2.05, 4.69) is 0 Å². The fraction of sp³-hybridized carbons (Fsp3) is 0.133. The van der Waals surface area contributed by atoms with E-state index < -0.39 is 0 Å². The zero-order valence-corrected chi connectivity index (χ0v) is 10.2. The average Bonchev–Trinajstić information content (AvgIpc) is 2.46. The van der Waals surface area contributed by atoms with Gasteiger partial charge in [0.05, 0.1) is 12.7 Å². The zero-order chi connectivity index (χ0) is 13.0. The maximum Gasteiger partial charge on any atom is 0.338 e. The van der Waals surface area contributed by atoms with E-state index in [1.54, 1.807) is 6.07 Å². The molecule has 3 heteroatoms. The molecule has 3 nitrogen and oxygen atoms in total. The smallest absolute Gasteiger partial charge is 0.338 e. The van der Waals surface area contributed by atoms with Crippen molar-refractivity contribution in [2.24, 2.45) is 5.73 Å². The molecule has 0 saturated heterocycles. The monoisotopic (exact) mass is 241 g/mol. The lowest BCUT2D eigenvalue weighted by molar-refractivity contribution is 0.0601. The van der Waals surface area contributed by atoms with Gasteiger partial charge >= 0.3 is 5.97 Å². The fourth-order valence-electron chi connectivity index (χ4n) is 1.86. The van der Waals surface area contributed by atoms with Crippen LogP contribution in [-0.4, -0.2) is 13.1 Å². The van der Waals surface area contributed by atoms with Crippen LogP contribution in [0.4, 0.5) is 0 Å². The third kappa shape index (κ3) is 2.41. The largest absolute Gasteiger partial charge is 0.465 e. The van der Waals surface area contributed by atoms with Crippen LogP contribution >= 0.6 is 0 Å². The van der Waals surface area contributed by atoms with Crippen molar-refractivity contribution in [1.29, 1.82) is 0 Å². The van der Waals surface area contributed by atoms with Gasteiger partial charge in [-0.25, -0.2) is 4.79 Å². The third-order valence-electron chi connectivity index (χ3n) is 2.81. The first-order valence-electron chi connectivity index (χ1n) is 5.73. The van der Waals surface area contributed by atoms with Crippen LogP contribution in [-0.2, 0) is 11.3 Å². The summed E-state index contributed by atoms with van der Waals surface area (Å²) in [7, 11) is 1.38. The van der Waals surface area contributed by atoms with Crippen molar-refractivity contribution in [3.8, 4) is 11.1 Å². The number of hydrogen-bond donors (Lipinski definition) is 1. The Morgan fingerprint density at radius 3 is 2.50 bits per heavy atom. The first-order valence-corrected chi connectivity index (χ1v) is 5.73. The van der Waals surface area contributed by atoms with Crippen LogP contribution < -0.4 is 5.73 Å². The molecule has 92 valence electrons. The summed E-state index contributed by atoms with van der Waals surface area (Å²) < 4.78 is 4.80. The molecular weight excluding hydrogens is 226 g/mol. The molecule has 2 rings (SSSR count). The molecule has 0 unspecified atom stereocenters. The summed E-state index contributed by atoms with van der Waals surface area (Å²) >= 11 is 0. The van der Waals surface area contributed by atoms with E-state index in [1.165, 1.54) is 7.11 Å². The number of ether oxygens (including phenoxy) is 1. The van der Waals surface area contributed by atoms with E-state index in [0.717, 1.165) is 16.7 Å². The molecular formula is C15H15NO2. The van der Waals surface area contributed by atoms with E-state index in [9.17, 15) is 4.79 Å². The van der Waals surface area contributed by atoms with Crippen molar-refractivity contribution in [2.75, 3.05) is 7.11 Å². The van der Waals surface area contributed by atoms with Gasteiger partial charge in [0, 0.05) is 6.54 Å². The molecule has 18 heavy (non-hydrogen) atoms. The number of carbonyl (C=O) groups is 1. The Balaban J connectivity index is 2.58. The van der Waals surface area contributed by atoms with Gasteiger partial charge in [0.1, 0.15) is 0 Å². The number of rotatable bonds is 3. The first kappa shape index (κ1) is 12.3. The van der Waals surface area contributed by atoms with Gasteiger partial charge in [-0.3, -0.25) is 0 Å². The second kappa shape index (κ2) is 5.47. The molecule has 0 heterocycles. The summed E-state index contributed by atoms with van der Waals surface area (Å²) in [5.41, 5.74) is 9.02. The average molecular weight is 241 g/mol. The highest BCUT2D eigenvalue weighted by Crippen LogP contribution is 2.25. The van der Waals surface area contributed by atoms with Gasteiger partial charge in [-0.2, -0.15) is 0 Å². The molecule has 0 bridgehead atoms. The zero-order valence-electron chi connectivity index (χ0n) is 10.2. The van der Waals surface area contributed by atoms with Crippen LogP contribution in [0.1, 0.15) is 15.9 Å². The molecule has 2 aromatic carbocycles. The van der Waals surface area contributed by atoms with Gasteiger partial charge in [0.25, 0.3) is 0 Å². The van der Waals surface area contributed by atoms with Gasteiger partial charge in [0.2, 0.25) is 0 Å². The lowest BCUT2D eigenvalue weighted by Crippen LogP contribution is -2.05. The van der Waals surface area contributed by atoms with E-state index in [1.807, 2.05) is 42.5 Å².